The molecule has 0 spiro atoms. The van der Waals surface area contributed by atoms with E-state index in [1.165, 1.54) is 0 Å². The lowest BCUT2D eigenvalue weighted by Crippen LogP contribution is -2.31. The third-order valence-corrected chi connectivity index (χ3v) is 4.03. The van der Waals surface area contributed by atoms with Crippen LogP contribution in [0.3, 0.4) is 0 Å². The van der Waals surface area contributed by atoms with Crippen molar-refractivity contribution in [1.82, 2.24) is 5.32 Å². The molecule has 1 atom stereocenters. The molecule has 0 saturated heterocycles. The normalized spacial score (nSPS) is 11.4. The van der Waals surface area contributed by atoms with Crippen LogP contribution < -0.4 is 20.5 Å². The molecule has 27 heavy (non-hydrogen) atoms. The molecule has 2 aromatic rings. The minimum absolute atomic E-state index is 0. The predicted octanol–water partition coefficient (Wildman–Crippen LogP) is 4.62. The Hall–Kier alpha value is -2.40. The van der Waals surface area contributed by atoms with Crippen LogP contribution in [-0.2, 0) is 0 Å². The van der Waals surface area contributed by atoms with E-state index < -0.39 is 0 Å². The molecule has 0 aliphatic rings. The molecule has 0 bridgehead atoms. The minimum atomic E-state index is -0.154. The first-order chi connectivity index (χ1) is 12.5. The summed E-state index contributed by atoms with van der Waals surface area (Å²) in [6, 6.07) is 12.6. The largest absolute Gasteiger partial charge is 0.490 e. The van der Waals surface area contributed by atoms with Gasteiger partial charge in [0, 0.05) is 11.3 Å². The molecule has 0 radical (unpaired) electrons. The Balaban J connectivity index is 0.00000364. The summed E-state index contributed by atoms with van der Waals surface area (Å²) >= 11 is 0. The van der Waals surface area contributed by atoms with E-state index in [1.807, 2.05) is 32.0 Å². The van der Waals surface area contributed by atoms with Crippen LogP contribution in [0.2, 0.25) is 0 Å². The van der Waals surface area contributed by atoms with Gasteiger partial charge in [-0.15, -0.1) is 12.4 Å². The van der Waals surface area contributed by atoms with E-state index >= 15 is 0 Å². The first-order valence-corrected chi connectivity index (χ1v) is 9.02. The maximum absolute atomic E-state index is 12.6. The van der Waals surface area contributed by atoms with Gasteiger partial charge in [0.1, 0.15) is 0 Å². The van der Waals surface area contributed by atoms with Crippen molar-refractivity contribution in [3.05, 3.63) is 53.6 Å². The van der Waals surface area contributed by atoms with Crippen LogP contribution >= 0.6 is 12.4 Å². The van der Waals surface area contributed by atoms with Gasteiger partial charge in [-0.2, -0.15) is 0 Å². The van der Waals surface area contributed by atoms with E-state index in [2.05, 4.69) is 19.2 Å². The number of nitrogens with one attached hydrogen (secondary N) is 1. The number of rotatable bonds is 8. The fourth-order valence-corrected chi connectivity index (χ4v) is 2.80. The lowest BCUT2D eigenvalue weighted by molar-refractivity contribution is 0.0925. The van der Waals surface area contributed by atoms with Gasteiger partial charge in [0.15, 0.2) is 11.5 Å². The van der Waals surface area contributed by atoms with Crippen LogP contribution in [0.15, 0.2) is 42.5 Å². The van der Waals surface area contributed by atoms with Crippen molar-refractivity contribution in [2.75, 3.05) is 18.9 Å². The van der Waals surface area contributed by atoms with Gasteiger partial charge in [-0.05, 0) is 55.7 Å². The molecule has 0 aliphatic heterocycles. The summed E-state index contributed by atoms with van der Waals surface area (Å²) in [7, 11) is 0. The first kappa shape index (κ1) is 22.6. The van der Waals surface area contributed by atoms with Crippen molar-refractivity contribution in [3.8, 4) is 11.5 Å². The first-order valence-electron chi connectivity index (χ1n) is 9.02. The molecule has 0 heterocycles. The number of amides is 1. The Kier molecular flexibility index (Phi) is 8.95. The van der Waals surface area contributed by atoms with Gasteiger partial charge < -0.3 is 20.5 Å². The highest BCUT2D eigenvalue weighted by molar-refractivity contribution is 5.95. The number of benzene rings is 2. The summed E-state index contributed by atoms with van der Waals surface area (Å²) in [6.45, 7) is 9.13. The Morgan fingerprint density at radius 2 is 1.70 bits per heavy atom. The highest BCUT2D eigenvalue weighted by atomic mass is 35.5. The number of hydrogen-bond acceptors (Lipinski definition) is 4. The minimum Gasteiger partial charge on any atom is -0.490 e. The summed E-state index contributed by atoms with van der Waals surface area (Å²) in [5, 5.41) is 3.11. The summed E-state index contributed by atoms with van der Waals surface area (Å²) in [6.07, 6.45) is 0. The zero-order chi connectivity index (χ0) is 19.1. The van der Waals surface area contributed by atoms with Crippen LogP contribution in [0, 0.1) is 5.92 Å². The zero-order valence-electron chi connectivity index (χ0n) is 16.3. The van der Waals surface area contributed by atoms with E-state index in [-0.39, 0.29) is 30.3 Å². The molecule has 5 nitrogen and oxygen atoms in total. The summed E-state index contributed by atoms with van der Waals surface area (Å²) < 4.78 is 11.3. The number of hydrogen-bond donors (Lipinski definition) is 2. The topological polar surface area (TPSA) is 73.6 Å². The maximum Gasteiger partial charge on any atom is 0.251 e. The number of anilines is 1. The molecule has 0 fully saturated rings. The van der Waals surface area contributed by atoms with Crippen LogP contribution in [0.5, 0.6) is 11.5 Å². The number of nitrogens with two attached hydrogens (primary N) is 1. The van der Waals surface area contributed by atoms with Crippen molar-refractivity contribution in [2.45, 2.75) is 33.7 Å². The molecule has 3 N–H and O–H groups in total. The Bertz CT molecular complexity index is 750. The third kappa shape index (κ3) is 6.07. The average molecular weight is 393 g/mol. The number of carbonyl (C=O) groups excluding carboxylic acids is 1. The van der Waals surface area contributed by atoms with E-state index in [4.69, 9.17) is 15.2 Å². The molecular formula is C21H29ClN2O3. The van der Waals surface area contributed by atoms with Crippen molar-refractivity contribution in [3.63, 3.8) is 0 Å². The number of halogens is 1. The number of nitrogen functional groups attached to an aromatic ring is 1. The fraction of sp³-hybridized carbons (Fsp3) is 0.381. The molecule has 2 aromatic carbocycles. The Morgan fingerprint density at radius 3 is 2.30 bits per heavy atom. The van der Waals surface area contributed by atoms with Gasteiger partial charge in [0.2, 0.25) is 0 Å². The van der Waals surface area contributed by atoms with Gasteiger partial charge in [-0.1, -0.05) is 26.0 Å². The van der Waals surface area contributed by atoms with Gasteiger partial charge in [-0.25, -0.2) is 0 Å². The molecule has 0 aromatic heterocycles. The SMILES string of the molecule is CCOc1ccc(C(NC(=O)c2cccc(N)c2)C(C)C)cc1OCC.Cl. The van der Waals surface area contributed by atoms with Crippen LogP contribution in [-0.4, -0.2) is 19.1 Å². The van der Waals surface area contributed by atoms with Gasteiger partial charge in [0.05, 0.1) is 19.3 Å². The summed E-state index contributed by atoms with van der Waals surface area (Å²) in [5.74, 6) is 1.45. The van der Waals surface area contributed by atoms with E-state index in [9.17, 15) is 4.79 Å². The summed E-state index contributed by atoms with van der Waals surface area (Å²) in [5.41, 5.74) is 7.88. The van der Waals surface area contributed by atoms with E-state index in [0.29, 0.717) is 36.0 Å². The summed E-state index contributed by atoms with van der Waals surface area (Å²) in [4.78, 5) is 12.6. The third-order valence-electron chi connectivity index (χ3n) is 4.03. The van der Waals surface area contributed by atoms with Crippen LogP contribution in [0.25, 0.3) is 0 Å². The monoisotopic (exact) mass is 392 g/mol. The molecule has 2 rings (SSSR count). The zero-order valence-corrected chi connectivity index (χ0v) is 17.1. The lowest BCUT2D eigenvalue weighted by Gasteiger charge is -2.24. The van der Waals surface area contributed by atoms with Crippen molar-refractivity contribution >= 4 is 24.0 Å². The standard InChI is InChI=1S/C21H28N2O3.ClH/c1-5-25-18-11-10-15(13-19(18)26-6-2)20(14(3)4)23-21(24)16-8-7-9-17(22)12-16;/h7-14,20H,5-6,22H2,1-4H3,(H,23,24);1H. The second kappa shape index (κ2) is 10.7. The number of carbonyl (C=O) groups is 1. The van der Waals surface area contributed by atoms with Crippen molar-refractivity contribution in [1.29, 1.82) is 0 Å². The molecule has 0 aliphatic carbocycles. The smallest absolute Gasteiger partial charge is 0.251 e. The second-order valence-corrected chi connectivity index (χ2v) is 6.39. The molecule has 1 amide bonds. The Labute approximate surface area is 167 Å². The Morgan fingerprint density at radius 1 is 1.04 bits per heavy atom. The fourth-order valence-electron chi connectivity index (χ4n) is 2.80. The van der Waals surface area contributed by atoms with Gasteiger partial charge >= 0.3 is 0 Å². The van der Waals surface area contributed by atoms with Gasteiger partial charge in [-0.3, -0.25) is 4.79 Å². The van der Waals surface area contributed by atoms with Crippen molar-refractivity contribution in [2.24, 2.45) is 5.92 Å². The van der Waals surface area contributed by atoms with Crippen LogP contribution in [0.4, 0.5) is 5.69 Å². The highest BCUT2D eigenvalue weighted by Crippen LogP contribution is 2.33. The molecule has 1 unspecified atom stereocenters. The molecule has 0 saturated carbocycles. The van der Waals surface area contributed by atoms with E-state index in [0.717, 1.165) is 5.56 Å². The quantitative estimate of drug-likeness (QED) is 0.643. The van der Waals surface area contributed by atoms with Crippen LogP contribution in [0.1, 0.15) is 49.7 Å². The molecule has 148 valence electrons. The lowest BCUT2D eigenvalue weighted by atomic mass is 9.95. The molecular weight excluding hydrogens is 364 g/mol. The van der Waals surface area contributed by atoms with E-state index in [1.54, 1.807) is 24.3 Å². The second-order valence-electron chi connectivity index (χ2n) is 6.39. The van der Waals surface area contributed by atoms with Gasteiger partial charge in [0.25, 0.3) is 5.91 Å². The van der Waals surface area contributed by atoms with Crippen molar-refractivity contribution < 1.29 is 14.3 Å². The molecule has 6 heteroatoms. The maximum atomic E-state index is 12.6. The predicted molar refractivity (Wildman–Crippen MR) is 112 cm³/mol. The highest BCUT2D eigenvalue weighted by Gasteiger charge is 2.21. The number of ether oxygens (including phenoxy) is 2. The average Bonchev–Trinajstić information content (AvgIpc) is 2.61.